The molecule has 0 spiro atoms. The lowest BCUT2D eigenvalue weighted by Gasteiger charge is -2.28. The van der Waals surface area contributed by atoms with E-state index in [9.17, 15) is 4.39 Å². The summed E-state index contributed by atoms with van der Waals surface area (Å²) in [6.07, 6.45) is 5.21. The molecule has 0 amide bonds. The van der Waals surface area contributed by atoms with E-state index >= 15 is 0 Å². The first-order valence-corrected chi connectivity index (χ1v) is 5.65. The average molecular weight is 236 g/mol. The number of hydrogen-bond donors (Lipinski definition) is 0. The number of quaternary nitrogens is 1. The molecule has 0 radical (unpaired) electrons. The lowest BCUT2D eigenvalue weighted by molar-refractivity contribution is -0.915. The zero-order valence-corrected chi connectivity index (χ0v) is 10.2. The predicted molar refractivity (Wildman–Crippen MR) is 66.8 cm³/mol. The van der Waals surface area contributed by atoms with Gasteiger partial charge in [0.05, 0.1) is 20.3 Å². The molecule has 0 aliphatic rings. The molecule has 0 bridgehead atoms. The molecule has 0 fully saturated rings. The molecule has 0 saturated heterocycles. The highest BCUT2D eigenvalue weighted by Gasteiger charge is 2.19. The fourth-order valence-electron chi connectivity index (χ4n) is 1.45. The second kappa shape index (κ2) is 7.05. The van der Waals surface area contributed by atoms with E-state index < -0.39 is 6.80 Å². The first kappa shape index (κ1) is 13.7. The number of halogens is 1. The van der Waals surface area contributed by atoms with E-state index in [0.29, 0.717) is 26.3 Å². The Morgan fingerprint density at radius 1 is 1.35 bits per heavy atom. The van der Waals surface area contributed by atoms with Gasteiger partial charge < -0.3 is 4.74 Å². The summed E-state index contributed by atoms with van der Waals surface area (Å²) >= 11 is 0. The van der Waals surface area contributed by atoms with Gasteiger partial charge in [-0.1, -0.05) is 30.3 Å². The summed E-state index contributed by atoms with van der Waals surface area (Å²) in [4.78, 5) is 0. The van der Waals surface area contributed by atoms with Crippen molar-refractivity contribution in [1.82, 2.24) is 0 Å². The Balaban J connectivity index is 2.26. The van der Waals surface area contributed by atoms with Crippen molar-refractivity contribution in [3.05, 3.63) is 35.9 Å². The Morgan fingerprint density at radius 3 is 2.65 bits per heavy atom. The molecule has 0 aliphatic heterocycles. The first-order valence-electron chi connectivity index (χ1n) is 5.65. The summed E-state index contributed by atoms with van der Waals surface area (Å²) in [7, 11) is 1.80. The van der Waals surface area contributed by atoms with Crippen molar-refractivity contribution in [2.24, 2.45) is 0 Å². The fraction of sp³-hybridized carbons (Fsp3) is 0.429. The van der Waals surface area contributed by atoms with Crippen molar-refractivity contribution >= 4 is 0 Å². The number of hydrogen-bond acceptors (Lipinski definition) is 1. The Kier molecular flexibility index (Phi) is 5.68. The largest absolute Gasteiger partial charge is 0.371 e. The van der Waals surface area contributed by atoms with E-state index in [2.05, 4.69) is 5.92 Å². The molecule has 3 heteroatoms. The highest BCUT2D eigenvalue weighted by atomic mass is 19.1. The molecule has 2 nitrogen and oxygen atoms in total. The standard InChI is InChI=1S/C14H19FNO/c1-3-9-16(2,13-15)10-11-17-12-14-7-5-4-6-8-14/h1,4-8H,9-13H2,2H3/q+1. The van der Waals surface area contributed by atoms with Gasteiger partial charge >= 0.3 is 0 Å². The van der Waals surface area contributed by atoms with Crippen LogP contribution in [0, 0.1) is 12.3 Å². The maximum absolute atomic E-state index is 12.8. The molecule has 0 N–H and O–H groups in total. The minimum absolute atomic E-state index is 0.214. The predicted octanol–water partition coefficient (Wildman–Crippen LogP) is 2.21. The Bertz CT molecular complexity index is 360. The van der Waals surface area contributed by atoms with E-state index in [1.807, 2.05) is 30.3 Å². The summed E-state index contributed by atoms with van der Waals surface area (Å²) < 4.78 is 18.5. The number of ether oxygens (including phenoxy) is 1. The Labute approximate surface area is 103 Å². The quantitative estimate of drug-likeness (QED) is 0.305. The molecule has 92 valence electrons. The van der Waals surface area contributed by atoms with E-state index in [4.69, 9.17) is 11.2 Å². The molecule has 1 rings (SSSR count). The van der Waals surface area contributed by atoms with Crippen LogP contribution in [0.4, 0.5) is 4.39 Å². The van der Waals surface area contributed by atoms with Crippen LogP contribution in [0.1, 0.15) is 5.56 Å². The van der Waals surface area contributed by atoms with E-state index in [-0.39, 0.29) is 4.48 Å². The van der Waals surface area contributed by atoms with Gasteiger partial charge in [-0.15, -0.1) is 6.42 Å². The maximum Gasteiger partial charge on any atom is 0.222 e. The van der Waals surface area contributed by atoms with Crippen molar-refractivity contribution in [2.45, 2.75) is 6.61 Å². The smallest absolute Gasteiger partial charge is 0.222 e. The molecule has 0 heterocycles. The van der Waals surface area contributed by atoms with Crippen molar-refractivity contribution in [3.63, 3.8) is 0 Å². The number of nitrogens with zero attached hydrogens (tertiary/aromatic N) is 1. The minimum atomic E-state index is -0.459. The van der Waals surface area contributed by atoms with Crippen LogP contribution in [0.3, 0.4) is 0 Å². The van der Waals surface area contributed by atoms with Crippen LogP contribution in [0.2, 0.25) is 0 Å². The SMILES string of the molecule is C#CC[N+](C)(CF)CCOCc1ccccc1. The third-order valence-corrected chi connectivity index (χ3v) is 2.65. The van der Waals surface area contributed by atoms with E-state index in [0.717, 1.165) is 5.56 Å². The first-order chi connectivity index (χ1) is 8.20. The zero-order chi connectivity index (χ0) is 12.6. The second-order valence-corrected chi connectivity index (χ2v) is 4.36. The molecule has 0 aromatic heterocycles. The third-order valence-electron chi connectivity index (χ3n) is 2.65. The van der Waals surface area contributed by atoms with Gasteiger partial charge in [0, 0.05) is 0 Å². The Hall–Kier alpha value is -1.37. The fourth-order valence-corrected chi connectivity index (χ4v) is 1.45. The molecular weight excluding hydrogens is 217 g/mol. The number of alkyl halides is 1. The third kappa shape index (κ3) is 4.99. The van der Waals surface area contributed by atoms with Crippen LogP contribution in [0.25, 0.3) is 0 Å². The molecule has 1 aromatic carbocycles. The molecule has 17 heavy (non-hydrogen) atoms. The highest BCUT2D eigenvalue weighted by Crippen LogP contribution is 2.04. The molecule has 1 aromatic rings. The number of likely N-dealkylation sites (N-methyl/N-ethyl adjacent to an activating group) is 1. The van der Waals surface area contributed by atoms with Gasteiger partial charge in [-0.25, -0.2) is 0 Å². The van der Waals surface area contributed by atoms with Crippen molar-refractivity contribution in [2.75, 3.05) is 33.5 Å². The van der Waals surface area contributed by atoms with Gasteiger partial charge in [-0.05, 0) is 11.5 Å². The highest BCUT2D eigenvalue weighted by molar-refractivity contribution is 5.13. The molecule has 1 atom stereocenters. The summed E-state index contributed by atoms with van der Waals surface area (Å²) in [5, 5.41) is 0. The minimum Gasteiger partial charge on any atom is -0.371 e. The van der Waals surface area contributed by atoms with Gasteiger partial charge in [0.1, 0.15) is 13.1 Å². The molecule has 0 saturated carbocycles. The molecule has 1 unspecified atom stereocenters. The van der Waals surface area contributed by atoms with Crippen LogP contribution >= 0.6 is 0 Å². The van der Waals surface area contributed by atoms with Crippen LogP contribution in [0.15, 0.2) is 30.3 Å². The summed E-state index contributed by atoms with van der Waals surface area (Å²) in [5.74, 6) is 2.49. The van der Waals surface area contributed by atoms with Gasteiger partial charge in [-0.3, -0.25) is 4.48 Å². The number of rotatable bonds is 7. The number of terminal acetylenes is 1. The van der Waals surface area contributed by atoms with E-state index in [1.54, 1.807) is 7.05 Å². The van der Waals surface area contributed by atoms with Gasteiger partial charge in [-0.2, -0.15) is 4.39 Å². The normalized spacial score (nSPS) is 13.9. The van der Waals surface area contributed by atoms with Crippen molar-refractivity contribution < 1.29 is 13.6 Å². The van der Waals surface area contributed by atoms with Crippen LogP contribution in [-0.4, -0.2) is 38.0 Å². The molecular formula is C14H19FNO+. The monoisotopic (exact) mass is 236 g/mol. The maximum atomic E-state index is 12.8. The Morgan fingerprint density at radius 2 is 2.06 bits per heavy atom. The van der Waals surface area contributed by atoms with Crippen LogP contribution in [0.5, 0.6) is 0 Å². The van der Waals surface area contributed by atoms with Crippen molar-refractivity contribution in [1.29, 1.82) is 0 Å². The van der Waals surface area contributed by atoms with Gasteiger partial charge in [0.15, 0.2) is 0 Å². The van der Waals surface area contributed by atoms with Crippen LogP contribution < -0.4 is 0 Å². The summed E-state index contributed by atoms with van der Waals surface area (Å²) in [5.41, 5.74) is 1.12. The topological polar surface area (TPSA) is 9.23 Å². The summed E-state index contributed by atoms with van der Waals surface area (Å²) in [6, 6.07) is 9.92. The van der Waals surface area contributed by atoms with Crippen LogP contribution in [-0.2, 0) is 11.3 Å². The molecule has 0 aliphatic carbocycles. The summed E-state index contributed by atoms with van der Waals surface area (Å²) in [6.45, 7) is 1.60. The average Bonchev–Trinajstić information content (AvgIpc) is 2.36. The van der Waals surface area contributed by atoms with E-state index in [1.165, 1.54) is 0 Å². The zero-order valence-electron chi connectivity index (χ0n) is 10.2. The van der Waals surface area contributed by atoms with Gasteiger partial charge in [0.2, 0.25) is 6.80 Å². The van der Waals surface area contributed by atoms with Gasteiger partial charge in [0.25, 0.3) is 0 Å². The van der Waals surface area contributed by atoms with Crippen molar-refractivity contribution in [3.8, 4) is 12.3 Å². The lowest BCUT2D eigenvalue weighted by Crippen LogP contribution is -2.45. The number of benzene rings is 1. The second-order valence-electron chi connectivity index (χ2n) is 4.36. The lowest BCUT2D eigenvalue weighted by atomic mass is 10.2.